The number of carbonyl (C=O) groups is 2. The Morgan fingerprint density at radius 2 is 0.803 bits per heavy atom. The lowest BCUT2D eigenvalue weighted by molar-refractivity contribution is -0.332. The molecule has 15 heteroatoms. The third-order valence-corrected chi connectivity index (χ3v) is 14.0. The highest BCUT2D eigenvalue weighted by Gasteiger charge is 2.47. The van der Waals surface area contributed by atoms with Crippen LogP contribution in [-0.4, -0.2) is 142 Å². The van der Waals surface area contributed by atoms with Gasteiger partial charge in [-0.05, 0) is 38.5 Å². The number of hydrogen-bond donors (Lipinski definition) is 7. The normalized spacial score (nSPS) is 25.2. The molecule has 11 atom stereocenters. The minimum Gasteiger partial charge on any atom is -0.462 e. The monoisotopic (exact) mass is 1020 g/mol. The van der Waals surface area contributed by atoms with Crippen molar-refractivity contribution in [2.45, 2.75) is 306 Å². The van der Waals surface area contributed by atoms with E-state index in [1.54, 1.807) is 0 Å². The molecule has 0 aliphatic carbocycles. The van der Waals surface area contributed by atoms with Crippen molar-refractivity contribution in [3.8, 4) is 0 Å². The molecule has 7 N–H and O–H groups in total. The van der Waals surface area contributed by atoms with Gasteiger partial charge in [0.2, 0.25) is 0 Å². The first-order valence-electron chi connectivity index (χ1n) is 28.8. The number of esters is 2. The Balaban J connectivity index is 1.75. The van der Waals surface area contributed by atoms with Crippen molar-refractivity contribution >= 4 is 11.9 Å². The van der Waals surface area contributed by atoms with E-state index in [1.807, 2.05) is 0 Å². The SMILES string of the molecule is CCCCCC/C=C/CCCCCCCCCC(=O)OC[C@H](CO[C@H]1O[C@@H](CO[C@H]2O[C@@H](CO)[C@@H](O)C(O)C2O)[C@@H](O)C(O)C1O)OC(=O)CCCCCCCCCCCCCCCCCCCCCC. The first kappa shape index (κ1) is 65.4. The number of ether oxygens (including phenoxy) is 6. The molecule has 418 valence electrons. The fourth-order valence-corrected chi connectivity index (χ4v) is 9.27. The molecule has 0 saturated carbocycles. The second-order valence-electron chi connectivity index (χ2n) is 20.5. The van der Waals surface area contributed by atoms with Crippen molar-refractivity contribution in [3.63, 3.8) is 0 Å². The summed E-state index contributed by atoms with van der Waals surface area (Å²) in [6.45, 7) is 2.62. The number of hydrogen-bond acceptors (Lipinski definition) is 15. The van der Waals surface area contributed by atoms with Crippen LogP contribution in [0.5, 0.6) is 0 Å². The maximum atomic E-state index is 13.1. The van der Waals surface area contributed by atoms with Gasteiger partial charge in [0.25, 0.3) is 0 Å². The topological polar surface area (TPSA) is 231 Å². The van der Waals surface area contributed by atoms with Crippen molar-refractivity contribution in [1.82, 2.24) is 0 Å². The quantitative estimate of drug-likeness (QED) is 0.0171. The molecule has 0 aromatic rings. The molecule has 2 aliphatic rings. The zero-order chi connectivity index (χ0) is 51.7. The number of aliphatic hydroxyl groups is 7. The summed E-state index contributed by atoms with van der Waals surface area (Å²) in [5.41, 5.74) is 0. The molecule has 2 heterocycles. The van der Waals surface area contributed by atoms with Crippen LogP contribution in [0.15, 0.2) is 12.2 Å². The van der Waals surface area contributed by atoms with Crippen molar-refractivity contribution in [2.75, 3.05) is 26.4 Å². The lowest BCUT2D eigenvalue weighted by atomic mass is 9.98. The summed E-state index contributed by atoms with van der Waals surface area (Å²) in [5, 5.41) is 72.2. The van der Waals surface area contributed by atoms with E-state index in [9.17, 15) is 45.3 Å². The maximum Gasteiger partial charge on any atom is 0.306 e. The third-order valence-electron chi connectivity index (χ3n) is 14.0. The van der Waals surface area contributed by atoms with Crippen LogP contribution in [0.4, 0.5) is 0 Å². The van der Waals surface area contributed by atoms with Gasteiger partial charge < -0.3 is 64.2 Å². The molecule has 0 radical (unpaired) electrons. The predicted octanol–water partition coefficient (Wildman–Crippen LogP) is 9.33. The van der Waals surface area contributed by atoms with Gasteiger partial charge in [0.05, 0.1) is 19.8 Å². The summed E-state index contributed by atoms with van der Waals surface area (Å²) in [7, 11) is 0. The first-order valence-corrected chi connectivity index (χ1v) is 28.8. The van der Waals surface area contributed by atoms with Crippen LogP contribution in [-0.2, 0) is 38.0 Å². The van der Waals surface area contributed by atoms with E-state index in [2.05, 4.69) is 26.0 Å². The van der Waals surface area contributed by atoms with Crippen LogP contribution in [0.2, 0.25) is 0 Å². The van der Waals surface area contributed by atoms with Gasteiger partial charge in [-0.3, -0.25) is 9.59 Å². The van der Waals surface area contributed by atoms with Gasteiger partial charge in [-0.25, -0.2) is 0 Å². The fourth-order valence-electron chi connectivity index (χ4n) is 9.27. The van der Waals surface area contributed by atoms with E-state index in [-0.39, 0.29) is 26.1 Å². The van der Waals surface area contributed by atoms with Crippen LogP contribution in [0.3, 0.4) is 0 Å². The molecular formula is C56H104O15. The zero-order valence-corrected chi connectivity index (χ0v) is 44.5. The molecule has 2 aliphatic heterocycles. The number of carbonyl (C=O) groups excluding carboxylic acids is 2. The van der Waals surface area contributed by atoms with E-state index in [0.717, 1.165) is 44.9 Å². The van der Waals surface area contributed by atoms with Crippen LogP contribution < -0.4 is 0 Å². The molecule has 2 saturated heterocycles. The fraction of sp³-hybridized carbons (Fsp3) is 0.929. The molecule has 0 spiro atoms. The highest BCUT2D eigenvalue weighted by Crippen LogP contribution is 2.27. The highest BCUT2D eigenvalue weighted by molar-refractivity contribution is 5.70. The standard InChI is InChI=1S/C56H104O15/c1-3-5-7-9-11-13-15-17-19-20-21-22-23-25-27-29-31-33-35-37-39-48(59)69-44(41-66-47(58)38-36-34-32-30-28-26-24-18-16-14-12-10-8-6-4-2)42-67-55-54(65)52(63)50(61)46(71-55)43-68-56-53(64)51(62)49(60)45(40-57)70-56/h14,16,44-46,49-57,60-65H,3-13,15,17-43H2,1-2H3/b16-14+/t44-,45+,46+,49-,50-,51?,52?,53?,54?,55+,56+/m1/s1. The van der Waals surface area contributed by atoms with Gasteiger partial charge in [0, 0.05) is 12.8 Å². The zero-order valence-electron chi connectivity index (χ0n) is 44.5. The Bertz CT molecular complexity index is 1290. The van der Waals surface area contributed by atoms with E-state index in [4.69, 9.17) is 28.4 Å². The van der Waals surface area contributed by atoms with Crippen molar-refractivity contribution in [1.29, 1.82) is 0 Å². The van der Waals surface area contributed by atoms with Crippen LogP contribution in [0.1, 0.15) is 239 Å². The predicted molar refractivity (Wildman–Crippen MR) is 275 cm³/mol. The number of aliphatic hydroxyl groups excluding tert-OH is 7. The van der Waals surface area contributed by atoms with Gasteiger partial charge in [-0.1, -0.05) is 199 Å². The second kappa shape index (κ2) is 43.5. The summed E-state index contributed by atoms with van der Waals surface area (Å²) in [6.07, 6.45) is 28.0. The second-order valence-corrected chi connectivity index (χ2v) is 20.5. The molecule has 0 aromatic heterocycles. The minimum absolute atomic E-state index is 0.171. The molecule has 2 fully saturated rings. The summed E-state index contributed by atoms with van der Waals surface area (Å²) in [6, 6.07) is 0. The Kier molecular flexibility index (Phi) is 40.0. The molecule has 0 amide bonds. The molecule has 2 rings (SSSR count). The maximum absolute atomic E-state index is 13.1. The van der Waals surface area contributed by atoms with E-state index < -0.39 is 92.7 Å². The summed E-state index contributed by atoms with van der Waals surface area (Å²) in [4.78, 5) is 25.9. The van der Waals surface area contributed by atoms with Gasteiger partial charge in [0.1, 0.15) is 55.4 Å². The summed E-state index contributed by atoms with van der Waals surface area (Å²) in [5.74, 6) is -0.915. The number of unbranched alkanes of at least 4 members (excludes halogenated alkanes) is 30. The molecule has 71 heavy (non-hydrogen) atoms. The third kappa shape index (κ3) is 31.0. The van der Waals surface area contributed by atoms with Crippen LogP contribution >= 0.6 is 0 Å². The van der Waals surface area contributed by atoms with E-state index in [1.165, 1.54) is 154 Å². The molecule has 15 nitrogen and oxygen atoms in total. The lowest BCUT2D eigenvalue weighted by Crippen LogP contribution is -2.61. The van der Waals surface area contributed by atoms with E-state index in [0.29, 0.717) is 12.8 Å². The van der Waals surface area contributed by atoms with Crippen molar-refractivity contribution in [3.05, 3.63) is 12.2 Å². The van der Waals surface area contributed by atoms with Gasteiger partial charge in [0.15, 0.2) is 18.7 Å². The van der Waals surface area contributed by atoms with Crippen molar-refractivity contribution < 1.29 is 73.8 Å². The number of rotatable bonds is 46. The van der Waals surface area contributed by atoms with Gasteiger partial charge in [-0.2, -0.15) is 0 Å². The van der Waals surface area contributed by atoms with Gasteiger partial charge >= 0.3 is 11.9 Å². The molecule has 0 aromatic carbocycles. The highest BCUT2D eigenvalue weighted by atomic mass is 16.7. The number of allylic oxidation sites excluding steroid dienone is 2. The molecular weight excluding hydrogens is 913 g/mol. The minimum atomic E-state index is -1.76. The van der Waals surface area contributed by atoms with Crippen LogP contribution in [0.25, 0.3) is 0 Å². The Morgan fingerprint density at radius 1 is 0.437 bits per heavy atom. The average Bonchev–Trinajstić information content (AvgIpc) is 3.36. The lowest BCUT2D eigenvalue weighted by Gasteiger charge is -2.42. The van der Waals surface area contributed by atoms with E-state index >= 15 is 0 Å². The molecule has 4 unspecified atom stereocenters. The largest absolute Gasteiger partial charge is 0.462 e. The Hall–Kier alpha value is -1.76. The molecule has 0 bridgehead atoms. The Labute approximate surface area is 429 Å². The van der Waals surface area contributed by atoms with Crippen molar-refractivity contribution in [2.24, 2.45) is 0 Å². The first-order chi connectivity index (χ1) is 34.5. The average molecular weight is 1020 g/mol. The Morgan fingerprint density at radius 3 is 1.25 bits per heavy atom. The van der Waals surface area contributed by atoms with Crippen LogP contribution in [0, 0.1) is 0 Å². The summed E-state index contributed by atoms with van der Waals surface area (Å²) < 4.78 is 33.7. The smallest absolute Gasteiger partial charge is 0.306 e. The summed E-state index contributed by atoms with van der Waals surface area (Å²) >= 11 is 0. The van der Waals surface area contributed by atoms with Gasteiger partial charge in [-0.15, -0.1) is 0 Å².